The number of hydrogen-bond donors (Lipinski definition) is 1. The Morgan fingerprint density at radius 3 is 1.90 bits per heavy atom. The molecule has 5 atom stereocenters. The molecule has 0 spiro atoms. The first-order chi connectivity index (χ1) is 18.5. The van der Waals surface area contributed by atoms with E-state index < -0.39 is 67.1 Å². The highest BCUT2D eigenvalue weighted by molar-refractivity contribution is 6.06. The maximum absolute atomic E-state index is 13.1. The van der Waals surface area contributed by atoms with Crippen LogP contribution in [0.2, 0.25) is 0 Å². The van der Waals surface area contributed by atoms with Crippen LogP contribution in [0.1, 0.15) is 38.1 Å². The van der Waals surface area contributed by atoms with Crippen molar-refractivity contribution in [2.75, 3.05) is 11.9 Å². The van der Waals surface area contributed by atoms with E-state index >= 15 is 0 Å². The van der Waals surface area contributed by atoms with Crippen LogP contribution < -0.4 is 10.1 Å². The van der Waals surface area contributed by atoms with Gasteiger partial charge in [0.05, 0.1) is 5.56 Å². The number of rotatable bonds is 9. The molecule has 1 N–H and O–H groups in total. The third kappa shape index (κ3) is 8.27. The van der Waals surface area contributed by atoms with Crippen LogP contribution in [0.15, 0.2) is 54.6 Å². The van der Waals surface area contributed by atoms with Gasteiger partial charge in [0, 0.05) is 33.4 Å². The third-order valence-corrected chi connectivity index (χ3v) is 5.35. The van der Waals surface area contributed by atoms with Crippen LogP contribution in [0, 0.1) is 0 Å². The highest BCUT2D eigenvalue weighted by Gasteiger charge is 2.53. The second kappa shape index (κ2) is 13.4. The van der Waals surface area contributed by atoms with E-state index in [0.717, 1.165) is 20.8 Å². The summed E-state index contributed by atoms with van der Waals surface area (Å²) in [6, 6.07) is 15.0. The fraction of sp³-hybridized carbons (Fsp3) is 0.370. The number of nitrogens with one attached hydrogen (secondary N) is 1. The number of esters is 4. The summed E-state index contributed by atoms with van der Waals surface area (Å²) in [5, 5.41) is 2.75. The van der Waals surface area contributed by atoms with Crippen LogP contribution in [0.3, 0.4) is 0 Å². The number of hydrogen-bond acceptors (Lipinski definition) is 11. The molecule has 1 saturated heterocycles. The fourth-order valence-electron chi connectivity index (χ4n) is 3.89. The topological polar surface area (TPSA) is 153 Å². The molecule has 2 aromatic rings. The Balaban J connectivity index is 1.98. The SMILES string of the molecule is CC(=O)OC[C@H]1O[C@@H](Oc2ccccc2C(=O)Nc2ccccc2)[C@H](OC(C)=O)[C@@H](OC(C)=O)[C@@H]1OC(C)=O. The second-order valence-corrected chi connectivity index (χ2v) is 8.50. The molecule has 0 bridgehead atoms. The molecule has 2 aromatic carbocycles. The fourth-order valence-corrected chi connectivity index (χ4v) is 3.89. The largest absolute Gasteiger partial charge is 0.463 e. The molecule has 0 radical (unpaired) electrons. The van der Waals surface area contributed by atoms with Crippen LogP contribution in [0.4, 0.5) is 5.69 Å². The van der Waals surface area contributed by atoms with Gasteiger partial charge in [-0.1, -0.05) is 30.3 Å². The standard InChI is InChI=1S/C27H29NO11/c1-15(29)34-14-22-23(35-16(2)30)24(36-17(3)31)25(37-18(4)32)27(39-22)38-21-13-9-8-12-20(21)26(33)28-19-10-6-5-7-11-19/h5-13,22-25,27H,14H2,1-4H3,(H,28,33)/t22-,23-,24+,25-,27-/m1/s1. The Bertz CT molecular complexity index is 1200. The summed E-state index contributed by atoms with van der Waals surface area (Å²) in [6.07, 6.45) is -6.83. The van der Waals surface area contributed by atoms with Crippen molar-refractivity contribution in [2.45, 2.75) is 58.4 Å². The highest BCUT2D eigenvalue weighted by Crippen LogP contribution is 2.32. The zero-order valence-corrected chi connectivity index (χ0v) is 21.8. The van der Waals surface area contributed by atoms with Gasteiger partial charge in [-0.15, -0.1) is 0 Å². The van der Waals surface area contributed by atoms with E-state index in [2.05, 4.69) is 5.32 Å². The van der Waals surface area contributed by atoms with Crippen LogP contribution in [-0.2, 0) is 42.9 Å². The number of benzene rings is 2. The molecular formula is C27H29NO11. The molecule has 208 valence electrons. The zero-order valence-electron chi connectivity index (χ0n) is 21.8. The number of carbonyl (C=O) groups is 5. The lowest BCUT2D eigenvalue weighted by atomic mass is 9.98. The summed E-state index contributed by atoms with van der Waals surface area (Å²) in [4.78, 5) is 60.5. The van der Waals surface area contributed by atoms with E-state index in [1.165, 1.54) is 19.1 Å². The van der Waals surface area contributed by atoms with Crippen molar-refractivity contribution in [2.24, 2.45) is 0 Å². The van der Waals surface area contributed by atoms with Crippen LogP contribution in [0.25, 0.3) is 0 Å². The number of carbonyl (C=O) groups excluding carboxylic acids is 5. The molecule has 39 heavy (non-hydrogen) atoms. The molecule has 0 aromatic heterocycles. The molecule has 3 rings (SSSR count). The van der Waals surface area contributed by atoms with Gasteiger partial charge in [0.25, 0.3) is 5.91 Å². The molecule has 12 heteroatoms. The predicted molar refractivity (Wildman–Crippen MR) is 133 cm³/mol. The van der Waals surface area contributed by atoms with E-state index in [0.29, 0.717) is 5.69 Å². The molecule has 1 fully saturated rings. The molecule has 12 nitrogen and oxygen atoms in total. The minimum absolute atomic E-state index is 0.0480. The molecule has 1 amide bonds. The van der Waals surface area contributed by atoms with Gasteiger partial charge in [0.1, 0.15) is 18.5 Å². The first-order valence-corrected chi connectivity index (χ1v) is 12.0. The van der Waals surface area contributed by atoms with Crippen molar-refractivity contribution in [1.29, 1.82) is 0 Å². The third-order valence-electron chi connectivity index (χ3n) is 5.35. The number of amides is 1. The quantitative estimate of drug-likeness (QED) is 0.366. The monoisotopic (exact) mass is 543 g/mol. The lowest BCUT2D eigenvalue weighted by Gasteiger charge is -2.44. The Kier molecular flexibility index (Phi) is 9.98. The van der Waals surface area contributed by atoms with E-state index in [1.807, 2.05) is 0 Å². The summed E-state index contributed by atoms with van der Waals surface area (Å²) >= 11 is 0. The van der Waals surface area contributed by atoms with Crippen LogP contribution in [-0.4, -0.2) is 67.1 Å². The summed E-state index contributed by atoms with van der Waals surface area (Å²) in [6.45, 7) is 4.12. The second-order valence-electron chi connectivity index (χ2n) is 8.50. The van der Waals surface area contributed by atoms with E-state index in [1.54, 1.807) is 42.5 Å². The van der Waals surface area contributed by atoms with Gasteiger partial charge in [-0.05, 0) is 24.3 Å². The van der Waals surface area contributed by atoms with Gasteiger partial charge in [0.2, 0.25) is 12.4 Å². The predicted octanol–water partition coefficient (Wildman–Crippen LogP) is 2.40. The molecule has 1 aliphatic heterocycles. The van der Waals surface area contributed by atoms with Crippen LogP contribution >= 0.6 is 0 Å². The summed E-state index contributed by atoms with van der Waals surface area (Å²) < 4.78 is 33.2. The van der Waals surface area contributed by atoms with Gasteiger partial charge in [-0.25, -0.2) is 0 Å². The Labute approximate surface area is 224 Å². The van der Waals surface area contributed by atoms with Crippen molar-refractivity contribution < 1.29 is 52.4 Å². The van der Waals surface area contributed by atoms with Crippen LogP contribution in [0.5, 0.6) is 5.75 Å². The smallest absolute Gasteiger partial charge is 0.303 e. The van der Waals surface area contributed by atoms with Gasteiger partial charge in [-0.2, -0.15) is 0 Å². The zero-order chi connectivity index (χ0) is 28.5. The molecule has 1 heterocycles. The lowest BCUT2D eigenvalue weighted by Crippen LogP contribution is -2.63. The van der Waals surface area contributed by atoms with E-state index in [9.17, 15) is 24.0 Å². The normalized spacial score (nSPS) is 22.1. The first kappa shape index (κ1) is 29.1. The number of ether oxygens (including phenoxy) is 6. The molecule has 0 unspecified atom stereocenters. The number of para-hydroxylation sites is 2. The van der Waals surface area contributed by atoms with Crippen molar-refractivity contribution in [3.05, 3.63) is 60.2 Å². The first-order valence-electron chi connectivity index (χ1n) is 12.0. The highest BCUT2D eigenvalue weighted by atomic mass is 16.7. The van der Waals surface area contributed by atoms with Gasteiger partial charge in [-0.3, -0.25) is 24.0 Å². The molecule has 0 aliphatic carbocycles. The molecule has 1 aliphatic rings. The van der Waals surface area contributed by atoms with Crippen molar-refractivity contribution in [3.63, 3.8) is 0 Å². The molecular weight excluding hydrogens is 514 g/mol. The summed E-state index contributed by atoms with van der Waals surface area (Å²) in [5.74, 6) is -3.40. The number of anilines is 1. The van der Waals surface area contributed by atoms with E-state index in [4.69, 9.17) is 28.4 Å². The van der Waals surface area contributed by atoms with Crippen molar-refractivity contribution in [1.82, 2.24) is 0 Å². The summed E-state index contributed by atoms with van der Waals surface area (Å²) in [5.41, 5.74) is 0.666. The van der Waals surface area contributed by atoms with E-state index in [-0.39, 0.29) is 11.3 Å². The Morgan fingerprint density at radius 2 is 1.28 bits per heavy atom. The average Bonchev–Trinajstić information content (AvgIpc) is 2.86. The van der Waals surface area contributed by atoms with Gasteiger partial charge >= 0.3 is 23.9 Å². The minimum Gasteiger partial charge on any atom is -0.463 e. The van der Waals surface area contributed by atoms with Crippen molar-refractivity contribution in [3.8, 4) is 5.75 Å². The van der Waals surface area contributed by atoms with Crippen molar-refractivity contribution >= 4 is 35.5 Å². The molecule has 0 saturated carbocycles. The minimum atomic E-state index is -1.48. The average molecular weight is 544 g/mol. The van der Waals surface area contributed by atoms with Gasteiger partial charge < -0.3 is 33.7 Å². The Hall–Kier alpha value is -4.45. The maximum Gasteiger partial charge on any atom is 0.303 e. The van der Waals surface area contributed by atoms with Gasteiger partial charge in [0.15, 0.2) is 12.2 Å². The Morgan fingerprint density at radius 1 is 0.718 bits per heavy atom. The maximum atomic E-state index is 13.1. The lowest BCUT2D eigenvalue weighted by molar-refractivity contribution is -0.288. The summed E-state index contributed by atoms with van der Waals surface area (Å²) in [7, 11) is 0.